The van der Waals surface area contributed by atoms with Crippen molar-refractivity contribution >= 4 is 38.9 Å². The maximum atomic E-state index is 12.5. The van der Waals surface area contributed by atoms with E-state index in [0.29, 0.717) is 22.1 Å². The molecule has 140 valence electrons. The average molecular weight is 397 g/mol. The van der Waals surface area contributed by atoms with Crippen molar-refractivity contribution in [3.63, 3.8) is 0 Å². The van der Waals surface area contributed by atoms with Crippen LogP contribution in [-0.2, 0) is 14.8 Å². The minimum absolute atomic E-state index is 0.363. The van der Waals surface area contributed by atoms with Gasteiger partial charge >= 0.3 is 0 Å². The fourth-order valence-corrected chi connectivity index (χ4v) is 3.65. The molecule has 0 fully saturated rings. The second kappa shape index (κ2) is 7.97. The lowest BCUT2D eigenvalue weighted by Gasteiger charge is -2.24. The number of hydrogen-bond acceptors (Lipinski definition) is 4. The van der Waals surface area contributed by atoms with Crippen LogP contribution < -0.4 is 14.4 Å². The van der Waals surface area contributed by atoms with Crippen molar-refractivity contribution < 1.29 is 17.9 Å². The third-order valence-electron chi connectivity index (χ3n) is 3.74. The first-order chi connectivity index (χ1) is 12.1. The van der Waals surface area contributed by atoms with Gasteiger partial charge in [-0.2, -0.15) is 0 Å². The summed E-state index contributed by atoms with van der Waals surface area (Å²) in [5.41, 5.74) is 2.61. The van der Waals surface area contributed by atoms with Gasteiger partial charge in [-0.3, -0.25) is 9.10 Å². The molecule has 0 saturated carbocycles. The monoisotopic (exact) mass is 396 g/mol. The Balaban J connectivity index is 2.30. The van der Waals surface area contributed by atoms with Crippen LogP contribution in [-0.4, -0.2) is 34.2 Å². The average Bonchev–Trinajstić information content (AvgIpc) is 2.52. The quantitative estimate of drug-likeness (QED) is 0.812. The molecular formula is C18H21ClN2O4S. The Labute approximate surface area is 158 Å². The second-order valence-corrected chi connectivity index (χ2v) is 8.30. The molecule has 0 aliphatic carbocycles. The predicted octanol–water partition coefficient (Wildman–Crippen LogP) is 3.37. The molecule has 0 saturated heterocycles. The molecule has 0 aromatic heterocycles. The minimum Gasteiger partial charge on any atom is -0.495 e. The van der Waals surface area contributed by atoms with Crippen LogP contribution in [0.15, 0.2) is 36.4 Å². The summed E-state index contributed by atoms with van der Waals surface area (Å²) in [5, 5.41) is 3.08. The number of benzene rings is 2. The molecule has 2 aromatic carbocycles. The first-order valence-corrected chi connectivity index (χ1v) is 10.0. The Bertz CT molecular complexity index is 929. The lowest BCUT2D eigenvalue weighted by Crippen LogP contribution is -2.37. The van der Waals surface area contributed by atoms with E-state index >= 15 is 0 Å². The third-order valence-corrected chi connectivity index (χ3v) is 5.11. The first-order valence-electron chi connectivity index (χ1n) is 7.80. The molecule has 0 aliphatic rings. The second-order valence-electron chi connectivity index (χ2n) is 5.95. The van der Waals surface area contributed by atoms with E-state index in [1.807, 2.05) is 13.0 Å². The smallest absolute Gasteiger partial charge is 0.245 e. The number of anilines is 2. The van der Waals surface area contributed by atoms with E-state index in [2.05, 4.69) is 5.32 Å². The van der Waals surface area contributed by atoms with Gasteiger partial charge in [0.15, 0.2) is 0 Å². The van der Waals surface area contributed by atoms with Crippen molar-refractivity contribution in [2.24, 2.45) is 0 Å². The van der Waals surface area contributed by atoms with Crippen molar-refractivity contribution in [2.45, 2.75) is 13.8 Å². The summed E-state index contributed by atoms with van der Waals surface area (Å²) in [6, 6.07) is 10.2. The zero-order chi connectivity index (χ0) is 19.5. The van der Waals surface area contributed by atoms with Crippen LogP contribution >= 0.6 is 11.6 Å². The van der Waals surface area contributed by atoms with Crippen LogP contribution in [0, 0.1) is 13.8 Å². The topological polar surface area (TPSA) is 75.7 Å². The van der Waals surface area contributed by atoms with Crippen LogP contribution in [0.5, 0.6) is 5.75 Å². The molecule has 0 radical (unpaired) electrons. The van der Waals surface area contributed by atoms with Gasteiger partial charge < -0.3 is 10.1 Å². The number of ether oxygens (including phenoxy) is 1. The number of nitrogens with one attached hydrogen (secondary N) is 1. The fourth-order valence-electron chi connectivity index (χ4n) is 2.56. The maximum Gasteiger partial charge on any atom is 0.245 e. The van der Waals surface area contributed by atoms with Crippen molar-refractivity contribution in [3.8, 4) is 5.75 Å². The van der Waals surface area contributed by atoms with E-state index in [0.717, 1.165) is 21.7 Å². The molecule has 8 heteroatoms. The zero-order valence-electron chi connectivity index (χ0n) is 15.0. The normalized spacial score (nSPS) is 11.1. The minimum atomic E-state index is -3.65. The lowest BCUT2D eigenvalue weighted by atomic mass is 10.1. The first kappa shape index (κ1) is 20.1. The molecule has 0 heterocycles. The number of carbonyl (C=O) groups is 1. The van der Waals surface area contributed by atoms with Crippen molar-refractivity contribution in [1.29, 1.82) is 0 Å². The van der Waals surface area contributed by atoms with E-state index < -0.39 is 15.9 Å². The van der Waals surface area contributed by atoms with Crippen LogP contribution in [0.1, 0.15) is 11.1 Å². The van der Waals surface area contributed by atoms with E-state index in [9.17, 15) is 13.2 Å². The fraction of sp³-hybridized carbons (Fsp3) is 0.278. The van der Waals surface area contributed by atoms with Crippen molar-refractivity contribution in [1.82, 2.24) is 0 Å². The van der Waals surface area contributed by atoms with Gasteiger partial charge in [-0.15, -0.1) is 0 Å². The number of halogens is 1. The van der Waals surface area contributed by atoms with Gasteiger partial charge in [-0.05, 0) is 43.7 Å². The van der Waals surface area contributed by atoms with Crippen LogP contribution in [0.3, 0.4) is 0 Å². The molecule has 0 bridgehead atoms. The number of hydrogen-bond donors (Lipinski definition) is 1. The van der Waals surface area contributed by atoms with Crippen LogP contribution in [0.2, 0.25) is 5.02 Å². The Morgan fingerprint density at radius 3 is 2.46 bits per heavy atom. The molecule has 26 heavy (non-hydrogen) atoms. The summed E-state index contributed by atoms with van der Waals surface area (Å²) >= 11 is 5.95. The summed E-state index contributed by atoms with van der Waals surface area (Å²) < 4.78 is 30.7. The molecule has 2 rings (SSSR count). The predicted molar refractivity (Wildman–Crippen MR) is 105 cm³/mol. The van der Waals surface area contributed by atoms with Crippen LogP contribution in [0.25, 0.3) is 0 Å². The lowest BCUT2D eigenvalue weighted by molar-refractivity contribution is -0.114. The molecular weight excluding hydrogens is 376 g/mol. The molecule has 1 amide bonds. The molecule has 0 unspecified atom stereocenters. The molecule has 1 N–H and O–H groups in total. The van der Waals surface area contributed by atoms with Gasteiger partial charge in [0, 0.05) is 5.02 Å². The zero-order valence-corrected chi connectivity index (χ0v) is 16.6. The molecule has 0 aliphatic heterocycles. The molecule has 0 atom stereocenters. The highest BCUT2D eigenvalue weighted by Crippen LogP contribution is 2.28. The highest BCUT2D eigenvalue weighted by Gasteiger charge is 2.23. The number of aryl methyl sites for hydroxylation is 2. The van der Waals surface area contributed by atoms with E-state index in [1.165, 1.54) is 7.11 Å². The van der Waals surface area contributed by atoms with Gasteiger partial charge in [-0.1, -0.05) is 29.3 Å². The van der Waals surface area contributed by atoms with E-state index in [-0.39, 0.29) is 6.54 Å². The highest BCUT2D eigenvalue weighted by molar-refractivity contribution is 7.92. The Morgan fingerprint density at radius 2 is 1.88 bits per heavy atom. The standard InChI is InChI=1S/C18H21ClN2O4S/c1-12-5-7-16(13(2)9-12)21(26(4,23)24)11-18(22)20-15-10-14(19)6-8-17(15)25-3/h5-10H,11H2,1-4H3,(H,20,22). The Hall–Kier alpha value is -2.25. The van der Waals surface area contributed by atoms with E-state index in [1.54, 1.807) is 37.3 Å². The summed E-state index contributed by atoms with van der Waals surface area (Å²) in [7, 11) is -2.18. The highest BCUT2D eigenvalue weighted by atomic mass is 35.5. The van der Waals surface area contributed by atoms with Gasteiger partial charge in [0.1, 0.15) is 12.3 Å². The third kappa shape index (κ3) is 4.89. The number of nitrogens with zero attached hydrogens (tertiary/aromatic N) is 1. The Kier molecular flexibility index (Phi) is 6.15. The Morgan fingerprint density at radius 1 is 1.19 bits per heavy atom. The summed E-state index contributed by atoms with van der Waals surface area (Å²) in [6.45, 7) is 3.36. The van der Waals surface area contributed by atoms with Gasteiger partial charge in [-0.25, -0.2) is 8.42 Å². The van der Waals surface area contributed by atoms with E-state index in [4.69, 9.17) is 16.3 Å². The summed E-state index contributed by atoms with van der Waals surface area (Å²) in [4.78, 5) is 12.5. The number of methoxy groups -OCH3 is 1. The largest absolute Gasteiger partial charge is 0.495 e. The van der Waals surface area contributed by atoms with Crippen molar-refractivity contribution in [3.05, 3.63) is 52.5 Å². The summed E-state index contributed by atoms with van der Waals surface area (Å²) in [6.07, 6.45) is 1.07. The number of amides is 1. The molecule has 2 aromatic rings. The number of sulfonamides is 1. The summed E-state index contributed by atoms with van der Waals surface area (Å²) in [5.74, 6) is -0.0730. The maximum absolute atomic E-state index is 12.5. The van der Waals surface area contributed by atoms with Crippen LogP contribution in [0.4, 0.5) is 11.4 Å². The molecule has 6 nitrogen and oxygen atoms in total. The SMILES string of the molecule is COc1ccc(Cl)cc1NC(=O)CN(c1ccc(C)cc1C)S(C)(=O)=O. The number of carbonyl (C=O) groups excluding carboxylic acids is 1. The molecule has 0 spiro atoms. The van der Waals surface area contributed by atoms with Gasteiger partial charge in [0.25, 0.3) is 0 Å². The van der Waals surface area contributed by atoms with Gasteiger partial charge in [0.05, 0.1) is 24.7 Å². The number of rotatable bonds is 6. The van der Waals surface area contributed by atoms with Crippen molar-refractivity contribution in [2.75, 3.05) is 29.5 Å². The van der Waals surface area contributed by atoms with Gasteiger partial charge in [0.2, 0.25) is 15.9 Å².